The van der Waals surface area contributed by atoms with E-state index in [4.69, 9.17) is 0 Å². The van der Waals surface area contributed by atoms with Gasteiger partial charge in [0.2, 0.25) is 0 Å². The molecule has 2 fully saturated rings. The number of benzene rings is 1. The molecular formula is C17H21N5O. The molecule has 23 heavy (non-hydrogen) atoms. The van der Waals surface area contributed by atoms with E-state index >= 15 is 0 Å². The highest BCUT2D eigenvalue weighted by Crippen LogP contribution is 2.49. The van der Waals surface area contributed by atoms with Crippen LogP contribution >= 0.6 is 0 Å². The molecule has 2 saturated carbocycles. The molecule has 4 atom stereocenters. The van der Waals surface area contributed by atoms with Crippen LogP contribution in [0.5, 0.6) is 0 Å². The van der Waals surface area contributed by atoms with Crippen molar-refractivity contribution >= 4 is 5.91 Å². The first kappa shape index (κ1) is 14.4. The number of aromatic nitrogens is 4. The van der Waals surface area contributed by atoms with Gasteiger partial charge in [-0.3, -0.25) is 4.79 Å². The van der Waals surface area contributed by atoms with Gasteiger partial charge in [0, 0.05) is 6.04 Å². The van der Waals surface area contributed by atoms with Gasteiger partial charge in [-0.25, -0.2) is 0 Å². The van der Waals surface area contributed by atoms with Gasteiger partial charge in [0.05, 0.1) is 11.3 Å². The van der Waals surface area contributed by atoms with Gasteiger partial charge in [-0.05, 0) is 66.5 Å². The van der Waals surface area contributed by atoms with Crippen molar-refractivity contribution in [2.75, 3.05) is 0 Å². The van der Waals surface area contributed by atoms with E-state index in [2.05, 4.69) is 27.8 Å². The lowest BCUT2D eigenvalue weighted by molar-refractivity contribution is 0.0915. The molecule has 1 amide bonds. The first-order valence-electron chi connectivity index (χ1n) is 8.35. The first-order valence-corrected chi connectivity index (χ1v) is 8.35. The van der Waals surface area contributed by atoms with E-state index in [1.807, 2.05) is 24.3 Å². The zero-order valence-corrected chi connectivity index (χ0v) is 13.2. The lowest BCUT2D eigenvalue weighted by atomic mass is 9.84. The van der Waals surface area contributed by atoms with E-state index in [1.165, 1.54) is 36.7 Å². The lowest BCUT2D eigenvalue weighted by Gasteiger charge is -2.28. The van der Waals surface area contributed by atoms with Crippen LogP contribution in [-0.4, -0.2) is 32.2 Å². The standard InChI is InChI=1S/C17H21N5O/c1-11(15-9-12-6-7-13(15)8-12)19-17(23)14-4-2-3-5-16(14)22-10-18-20-21-22/h2-5,10-13,15H,6-9H2,1H3,(H,19,23)/t11-,12-,13-,15+/m0/s1. The molecule has 120 valence electrons. The molecule has 0 radical (unpaired) electrons. The number of tetrazole rings is 1. The molecule has 6 heteroatoms. The highest BCUT2D eigenvalue weighted by Gasteiger charge is 2.42. The van der Waals surface area contributed by atoms with Crippen LogP contribution in [0.15, 0.2) is 30.6 Å². The maximum atomic E-state index is 12.7. The zero-order chi connectivity index (χ0) is 15.8. The largest absolute Gasteiger partial charge is 0.349 e. The SMILES string of the molecule is C[C@H](NC(=O)c1ccccc1-n1cnnn1)[C@H]1C[C@H]2CC[C@H]1C2. The van der Waals surface area contributed by atoms with Gasteiger partial charge in [0.1, 0.15) is 6.33 Å². The van der Waals surface area contributed by atoms with Crippen molar-refractivity contribution in [3.05, 3.63) is 36.2 Å². The molecule has 0 spiro atoms. The number of carbonyl (C=O) groups excluding carboxylic acids is 1. The van der Waals surface area contributed by atoms with E-state index < -0.39 is 0 Å². The quantitative estimate of drug-likeness (QED) is 0.939. The predicted octanol–water partition coefficient (Wildman–Crippen LogP) is 2.22. The Hall–Kier alpha value is -2.24. The van der Waals surface area contributed by atoms with Gasteiger partial charge in [-0.1, -0.05) is 18.6 Å². The zero-order valence-electron chi connectivity index (χ0n) is 13.2. The van der Waals surface area contributed by atoms with Crippen molar-refractivity contribution in [2.45, 2.75) is 38.6 Å². The van der Waals surface area contributed by atoms with E-state index in [0.29, 0.717) is 17.2 Å². The second kappa shape index (κ2) is 5.76. The molecule has 4 rings (SSSR count). The average molecular weight is 311 g/mol. The van der Waals surface area contributed by atoms with Crippen LogP contribution < -0.4 is 5.32 Å². The van der Waals surface area contributed by atoms with E-state index in [-0.39, 0.29) is 11.9 Å². The molecule has 2 bridgehead atoms. The molecule has 2 aliphatic carbocycles. The minimum Gasteiger partial charge on any atom is -0.349 e. The first-order chi connectivity index (χ1) is 11.2. The molecule has 2 aliphatic rings. The van der Waals surface area contributed by atoms with Crippen molar-refractivity contribution < 1.29 is 4.79 Å². The Labute approximate surface area is 135 Å². The smallest absolute Gasteiger partial charge is 0.253 e. The maximum Gasteiger partial charge on any atom is 0.253 e. The van der Waals surface area contributed by atoms with Crippen molar-refractivity contribution in [3.63, 3.8) is 0 Å². The van der Waals surface area contributed by atoms with E-state index in [1.54, 1.807) is 0 Å². The highest BCUT2D eigenvalue weighted by molar-refractivity contribution is 5.97. The van der Waals surface area contributed by atoms with Crippen LogP contribution in [0.4, 0.5) is 0 Å². The summed E-state index contributed by atoms with van der Waals surface area (Å²) in [6.07, 6.45) is 6.83. The van der Waals surface area contributed by atoms with Gasteiger partial charge in [-0.2, -0.15) is 4.68 Å². The normalized spacial score (nSPS) is 27.1. The Morgan fingerprint density at radius 3 is 2.87 bits per heavy atom. The Bertz CT molecular complexity index is 699. The Morgan fingerprint density at radius 2 is 2.17 bits per heavy atom. The third-order valence-corrected chi connectivity index (χ3v) is 5.54. The number of carbonyl (C=O) groups is 1. The number of rotatable bonds is 4. The van der Waals surface area contributed by atoms with E-state index in [9.17, 15) is 4.79 Å². The second-order valence-corrected chi connectivity index (χ2v) is 6.87. The van der Waals surface area contributed by atoms with Gasteiger partial charge >= 0.3 is 0 Å². The molecular weight excluding hydrogens is 290 g/mol. The number of hydrogen-bond donors (Lipinski definition) is 1. The maximum absolute atomic E-state index is 12.7. The third kappa shape index (κ3) is 2.62. The average Bonchev–Trinajstić information content (AvgIpc) is 3.32. The van der Waals surface area contributed by atoms with Crippen molar-refractivity contribution in [2.24, 2.45) is 17.8 Å². The van der Waals surface area contributed by atoms with Crippen LogP contribution in [0.2, 0.25) is 0 Å². The van der Waals surface area contributed by atoms with Crippen LogP contribution in [0.1, 0.15) is 43.0 Å². The van der Waals surface area contributed by atoms with Crippen LogP contribution in [0, 0.1) is 17.8 Å². The molecule has 1 aromatic carbocycles. The second-order valence-electron chi connectivity index (χ2n) is 6.87. The number of nitrogens with zero attached hydrogens (tertiary/aromatic N) is 4. The fourth-order valence-corrected chi connectivity index (χ4v) is 4.43. The van der Waals surface area contributed by atoms with Gasteiger partial charge in [0.15, 0.2) is 0 Å². The molecule has 1 N–H and O–H groups in total. The summed E-state index contributed by atoms with van der Waals surface area (Å²) in [6.45, 7) is 2.14. The van der Waals surface area contributed by atoms with Gasteiger partial charge < -0.3 is 5.32 Å². The fraction of sp³-hybridized carbons (Fsp3) is 0.529. The summed E-state index contributed by atoms with van der Waals surface area (Å²) in [6, 6.07) is 7.63. The molecule has 0 aliphatic heterocycles. The molecule has 0 saturated heterocycles. The van der Waals surface area contributed by atoms with Crippen molar-refractivity contribution in [3.8, 4) is 5.69 Å². The molecule has 6 nitrogen and oxygen atoms in total. The summed E-state index contributed by atoms with van der Waals surface area (Å²) in [5, 5.41) is 14.4. The third-order valence-electron chi connectivity index (χ3n) is 5.54. The topological polar surface area (TPSA) is 72.7 Å². The number of hydrogen-bond acceptors (Lipinski definition) is 4. The molecule has 1 heterocycles. The Balaban J connectivity index is 1.51. The lowest BCUT2D eigenvalue weighted by Crippen LogP contribution is -2.40. The number of fused-ring (bicyclic) bond motifs is 2. The fourth-order valence-electron chi connectivity index (χ4n) is 4.43. The summed E-state index contributed by atoms with van der Waals surface area (Å²) in [7, 11) is 0. The van der Waals surface area contributed by atoms with E-state index in [0.717, 1.165) is 11.8 Å². The Kier molecular flexibility index (Phi) is 3.59. The summed E-state index contributed by atoms with van der Waals surface area (Å²) >= 11 is 0. The molecule has 2 aromatic rings. The highest BCUT2D eigenvalue weighted by atomic mass is 16.1. The predicted molar refractivity (Wildman–Crippen MR) is 85.0 cm³/mol. The summed E-state index contributed by atoms with van der Waals surface area (Å²) < 4.78 is 1.52. The van der Waals surface area contributed by atoms with Crippen molar-refractivity contribution in [1.29, 1.82) is 0 Å². The van der Waals surface area contributed by atoms with Gasteiger partial charge in [-0.15, -0.1) is 5.10 Å². The minimum atomic E-state index is -0.0497. The molecule has 1 aromatic heterocycles. The summed E-state index contributed by atoms with van der Waals surface area (Å²) in [5.74, 6) is 2.26. The Morgan fingerprint density at radius 1 is 1.30 bits per heavy atom. The monoisotopic (exact) mass is 311 g/mol. The summed E-state index contributed by atoms with van der Waals surface area (Å²) in [5.41, 5.74) is 1.31. The van der Waals surface area contributed by atoms with Crippen LogP contribution in [0.3, 0.4) is 0 Å². The summed E-state index contributed by atoms with van der Waals surface area (Å²) in [4.78, 5) is 12.7. The van der Waals surface area contributed by atoms with Crippen molar-refractivity contribution in [1.82, 2.24) is 25.5 Å². The number of nitrogens with one attached hydrogen (secondary N) is 1. The van der Waals surface area contributed by atoms with Crippen LogP contribution in [-0.2, 0) is 0 Å². The minimum absolute atomic E-state index is 0.0497. The number of amides is 1. The van der Waals surface area contributed by atoms with Gasteiger partial charge in [0.25, 0.3) is 5.91 Å². The molecule has 0 unspecified atom stereocenters. The van der Waals surface area contributed by atoms with Crippen LogP contribution in [0.25, 0.3) is 5.69 Å². The number of para-hydroxylation sites is 1.